The molecule has 0 spiro atoms. The second-order valence-electron chi connectivity index (χ2n) is 6.77. The molecular formula is C22H16BrCl2NO2. The van der Waals surface area contributed by atoms with Crippen molar-refractivity contribution < 1.29 is 9.90 Å². The van der Waals surface area contributed by atoms with E-state index in [4.69, 9.17) is 23.2 Å². The minimum absolute atomic E-state index is 0.240. The largest absolute Gasteiger partial charge is 0.363 e. The molecule has 2 atom stereocenters. The predicted octanol–water partition coefficient (Wildman–Crippen LogP) is 6.17. The van der Waals surface area contributed by atoms with Crippen molar-refractivity contribution in [1.29, 1.82) is 0 Å². The summed E-state index contributed by atoms with van der Waals surface area (Å²) >= 11 is 15.5. The summed E-state index contributed by atoms with van der Waals surface area (Å²) in [5, 5.41) is 13.1. The summed E-state index contributed by atoms with van der Waals surface area (Å²) in [4.78, 5) is 14.9. The van der Waals surface area contributed by atoms with Crippen LogP contribution in [-0.2, 0) is 5.72 Å². The molecule has 0 saturated carbocycles. The van der Waals surface area contributed by atoms with E-state index >= 15 is 0 Å². The third-order valence-electron chi connectivity index (χ3n) is 5.14. The number of carbonyl (C=O) groups excluding carboxylic acids is 1. The minimum atomic E-state index is -1.61. The number of hydrogen-bond acceptors (Lipinski definition) is 2. The molecule has 1 heterocycles. The van der Waals surface area contributed by atoms with Crippen LogP contribution in [0.2, 0.25) is 10.0 Å². The number of rotatable bonds is 3. The van der Waals surface area contributed by atoms with Crippen LogP contribution < -0.4 is 0 Å². The second-order valence-corrected chi connectivity index (χ2v) is 8.56. The fraction of sp³-hybridized carbons (Fsp3) is 0.136. The van der Waals surface area contributed by atoms with Crippen LogP contribution >= 0.6 is 39.1 Å². The molecule has 0 fully saturated rings. The maximum atomic E-state index is 13.4. The van der Waals surface area contributed by atoms with Crippen molar-refractivity contribution in [3.8, 4) is 0 Å². The molecule has 4 rings (SSSR count). The summed E-state index contributed by atoms with van der Waals surface area (Å²) < 4.78 is 0.777. The Balaban J connectivity index is 1.91. The van der Waals surface area contributed by atoms with E-state index in [0.29, 0.717) is 26.7 Å². The van der Waals surface area contributed by atoms with Crippen LogP contribution in [0.5, 0.6) is 0 Å². The lowest BCUT2D eigenvalue weighted by Gasteiger charge is -2.39. The van der Waals surface area contributed by atoms with Crippen molar-refractivity contribution in [2.75, 3.05) is 0 Å². The summed E-state index contributed by atoms with van der Waals surface area (Å²) in [5.41, 5.74) is 0.845. The van der Waals surface area contributed by atoms with Crippen LogP contribution in [0.25, 0.3) is 0 Å². The van der Waals surface area contributed by atoms with Gasteiger partial charge in [-0.25, -0.2) is 0 Å². The zero-order valence-electron chi connectivity index (χ0n) is 14.9. The average Bonchev–Trinajstić information content (AvgIpc) is 2.90. The molecule has 1 aliphatic heterocycles. The van der Waals surface area contributed by atoms with Gasteiger partial charge in [0, 0.05) is 31.2 Å². The summed E-state index contributed by atoms with van der Waals surface area (Å²) in [7, 11) is 0. The van der Waals surface area contributed by atoms with Crippen molar-refractivity contribution in [1.82, 2.24) is 4.90 Å². The van der Waals surface area contributed by atoms with Gasteiger partial charge >= 0.3 is 0 Å². The van der Waals surface area contributed by atoms with E-state index in [1.54, 1.807) is 48.5 Å². The van der Waals surface area contributed by atoms with E-state index in [1.165, 1.54) is 4.90 Å². The van der Waals surface area contributed by atoms with E-state index in [0.717, 1.165) is 10.0 Å². The van der Waals surface area contributed by atoms with E-state index in [1.807, 2.05) is 25.1 Å². The predicted molar refractivity (Wildman–Crippen MR) is 115 cm³/mol. The molecule has 142 valence electrons. The quantitative estimate of drug-likeness (QED) is 0.491. The summed E-state index contributed by atoms with van der Waals surface area (Å²) in [6.45, 7) is 1.89. The van der Waals surface area contributed by atoms with Gasteiger partial charge in [-0.1, -0.05) is 69.5 Å². The lowest BCUT2D eigenvalue weighted by atomic mass is 9.92. The van der Waals surface area contributed by atoms with Gasteiger partial charge in [-0.3, -0.25) is 9.69 Å². The van der Waals surface area contributed by atoms with Crippen molar-refractivity contribution in [2.45, 2.75) is 18.7 Å². The lowest BCUT2D eigenvalue weighted by Crippen LogP contribution is -2.46. The van der Waals surface area contributed by atoms with Gasteiger partial charge in [0.1, 0.15) is 0 Å². The van der Waals surface area contributed by atoms with Gasteiger partial charge in [0.2, 0.25) is 0 Å². The number of aliphatic hydroxyl groups is 1. The highest BCUT2D eigenvalue weighted by atomic mass is 79.9. The maximum Gasteiger partial charge on any atom is 0.257 e. The fourth-order valence-electron chi connectivity index (χ4n) is 3.73. The molecule has 0 aliphatic carbocycles. The normalized spacial score (nSPS) is 19.6. The average molecular weight is 477 g/mol. The Labute approximate surface area is 181 Å². The van der Waals surface area contributed by atoms with Crippen molar-refractivity contribution >= 4 is 45.0 Å². The Morgan fingerprint density at radius 3 is 2.14 bits per heavy atom. The summed E-state index contributed by atoms with van der Waals surface area (Å²) in [5.74, 6) is -0.240. The van der Waals surface area contributed by atoms with Crippen LogP contribution in [0.4, 0.5) is 0 Å². The lowest BCUT2D eigenvalue weighted by molar-refractivity contribution is -0.0677. The monoisotopic (exact) mass is 475 g/mol. The van der Waals surface area contributed by atoms with Crippen molar-refractivity contribution in [2.24, 2.45) is 0 Å². The molecule has 3 nitrogen and oxygen atoms in total. The first-order chi connectivity index (χ1) is 13.3. The number of hydrogen-bond donors (Lipinski definition) is 1. The van der Waals surface area contributed by atoms with Crippen LogP contribution in [0.15, 0.2) is 71.2 Å². The molecule has 3 aromatic rings. The Morgan fingerprint density at radius 1 is 0.964 bits per heavy atom. The van der Waals surface area contributed by atoms with Crippen molar-refractivity contribution in [3.05, 3.63) is 104 Å². The Bertz CT molecular complexity index is 1050. The SMILES string of the molecule is C[C@@H](c1ccc(Cl)cc1)N1C(=O)c2cc(Br)ccc2C1(O)c1ccc(Cl)cc1. The number of nitrogens with zero attached hydrogens (tertiary/aromatic N) is 1. The van der Waals surface area contributed by atoms with Crippen LogP contribution in [0, 0.1) is 0 Å². The van der Waals surface area contributed by atoms with E-state index in [-0.39, 0.29) is 5.91 Å². The molecule has 0 aromatic heterocycles. The van der Waals surface area contributed by atoms with Gasteiger partial charge in [-0.05, 0) is 48.9 Å². The Morgan fingerprint density at radius 2 is 1.54 bits per heavy atom. The van der Waals surface area contributed by atoms with E-state index in [9.17, 15) is 9.90 Å². The molecule has 28 heavy (non-hydrogen) atoms. The molecule has 1 unspecified atom stereocenters. The van der Waals surface area contributed by atoms with Crippen LogP contribution in [0.3, 0.4) is 0 Å². The fourth-order valence-corrected chi connectivity index (χ4v) is 4.34. The number of benzene rings is 3. The van der Waals surface area contributed by atoms with Gasteiger partial charge in [0.25, 0.3) is 5.91 Å². The zero-order chi connectivity index (χ0) is 20.1. The number of halogens is 3. The highest BCUT2D eigenvalue weighted by molar-refractivity contribution is 9.10. The number of carbonyl (C=O) groups is 1. The third-order valence-corrected chi connectivity index (χ3v) is 6.14. The van der Waals surface area contributed by atoms with Crippen LogP contribution in [0.1, 0.15) is 40.0 Å². The molecular weight excluding hydrogens is 461 g/mol. The van der Waals surface area contributed by atoms with Gasteiger partial charge in [-0.2, -0.15) is 0 Å². The molecule has 0 radical (unpaired) electrons. The Hall–Kier alpha value is -1.85. The highest BCUT2D eigenvalue weighted by Gasteiger charge is 2.52. The van der Waals surface area contributed by atoms with Gasteiger partial charge in [0.15, 0.2) is 5.72 Å². The van der Waals surface area contributed by atoms with Crippen molar-refractivity contribution in [3.63, 3.8) is 0 Å². The number of amides is 1. The molecule has 1 aliphatic rings. The van der Waals surface area contributed by atoms with Gasteiger partial charge in [0.05, 0.1) is 6.04 Å². The van der Waals surface area contributed by atoms with Gasteiger partial charge < -0.3 is 5.11 Å². The first kappa shape index (κ1) is 19.5. The smallest absolute Gasteiger partial charge is 0.257 e. The third kappa shape index (κ3) is 3.05. The standard InChI is InChI=1S/C22H16BrCl2NO2/c1-13(14-2-7-17(24)8-3-14)26-21(27)19-12-16(23)6-11-20(19)22(26,28)15-4-9-18(25)10-5-15/h2-13,28H,1H3/t13-,22?/m0/s1. The summed E-state index contributed by atoms with van der Waals surface area (Å²) in [6.07, 6.45) is 0. The van der Waals surface area contributed by atoms with E-state index < -0.39 is 11.8 Å². The topological polar surface area (TPSA) is 40.5 Å². The molecule has 1 N–H and O–H groups in total. The first-order valence-corrected chi connectivity index (χ1v) is 10.2. The molecule has 0 bridgehead atoms. The second kappa shape index (κ2) is 7.20. The van der Waals surface area contributed by atoms with E-state index in [2.05, 4.69) is 15.9 Å². The van der Waals surface area contributed by atoms with Crippen LogP contribution in [-0.4, -0.2) is 15.9 Å². The minimum Gasteiger partial charge on any atom is -0.363 e. The van der Waals surface area contributed by atoms with Gasteiger partial charge in [-0.15, -0.1) is 0 Å². The maximum absolute atomic E-state index is 13.4. The summed E-state index contributed by atoms with van der Waals surface area (Å²) in [6, 6.07) is 19.1. The zero-order valence-corrected chi connectivity index (χ0v) is 18.0. The first-order valence-electron chi connectivity index (χ1n) is 8.70. The molecule has 6 heteroatoms. The molecule has 1 amide bonds. The Kier molecular flexibility index (Phi) is 5.00. The highest BCUT2D eigenvalue weighted by Crippen LogP contribution is 2.47. The molecule has 3 aromatic carbocycles. The number of fused-ring (bicyclic) bond motifs is 1. The molecule has 0 saturated heterocycles.